The number of rotatable bonds is 5. The van der Waals surface area contributed by atoms with Crippen LogP contribution in [-0.4, -0.2) is 39.3 Å². The monoisotopic (exact) mass is 311 g/mol. The summed E-state index contributed by atoms with van der Waals surface area (Å²) in [5, 5.41) is 2.79. The van der Waals surface area contributed by atoms with E-state index in [1.165, 1.54) is 23.6 Å². The van der Waals surface area contributed by atoms with Gasteiger partial charge in [-0.05, 0) is 44.6 Å². The molecule has 1 fully saturated rings. The molecule has 0 radical (unpaired) electrons. The topological polar surface area (TPSA) is 56.1 Å². The van der Waals surface area contributed by atoms with Crippen LogP contribution in [0.2, 0.25) is 0 Å². The second kappa shape index (κ2) is 7.20. The van der Waals surface area contributed by atoms with Crippen LogP contribution in [0, 0.1) is 5.92 Å². The minimum atomic E-state index is -0.452. The van der Waals surface area contributed by atoms with E-state index in [1.54, 1.807) is 0 Å². The molecule has 1 aromatic rings. The first-order valence-corrected chi connectivity index (χ1v) is 8.63. The maximum atomic E-state index is 11.6. The van der Waals surface area contributed by atoms with Crippen molar-refractivity contribution >= 4 is 17.9 Å². The molecule has 0 saturated carbocycles. The maximum absolute atomic E-state index is 11.6. The molecule has 1 amide bonds. The van der Waals surface area contributed by atoms with Gasteiger partial charge in [-0.1, -0.05) is 0 Å². The normalized spacial score (nSPS) is 18.7. The molecule has 1 atom stereocenters. The van der Waals surface area contributed by atoms with Gasteiger partial charge in [-0.15, -0.1) is 0 Å². The Kier molecular flexibility index (Phi) is 5.56. The molecule has 1 N–H and O–H groups in total. The molecule has 2 heterocycles. The first kappa shape index (κ1) is 16.2. The van der Waals surface area contributed by atoms with Crippen molar-refractivity contribution in [3.63, 3.8) is 0 Å². The second-order valence-corrected chi connectivity index (χ2v) is 7.60. The van der Waals surface area contributed by atoms with Crippen LogP contribution in [0.4, 0.5) is 4.79 Å². The minimum absolute atomic E-state index is 0.360. The molecule has 0 aliphatic carbocycles. The van der Waals surface area contributed by atoms with E-state index in [0.717, 1.165) is 18.9 Å². The summed E-state index contributed by atoms with van der Waals surface area (Å²) in [4.78, 5) is 15.8. The van der Waals surface area contributed by atoms with Gasteiger partial charge in [0, 0.05) is 31.4 Å². The van der Waals surface area contributed by atoms with Crippen molar-refractivity contribution in [1.29, 1.82) is 0 Å². The average Bonchev–Trinajstić information content (AvgIpc) is 3.00. The Hall–Kier alpha value is -1.17. The summed E-state index contributed by atoms with van der Waals surface area (Å²) >= 11 is 2.03. The maximum Gasteiger partial charge on any atom is 0.407 e. The molecule has 0 spiro atoms. The SMILES string of the molecule is CC(C)(C)OC(=O)NCCc1cncn1CC1CCSC1. The third-order valence-electron chi connectivity index (χ3n) is 3.33. The molecule has 1 aliphatic heterocycles. The Morgan fingerprint density at radius 2 is 2.38 bits per heavy atom. The van der Waals surface area contributed by atoms with Gasteiger partial charge >= 0.3 is 6.09 Å². The number of aromatic nitrogens is 2. The zero-order chi connectivity index (χ0) is 15.3. The van der Waals surface area contributed by atoms with E-state index in [-0.39, 0.29) is 6.09 Å². The first-order chi connectivity index (χ1) is 9.94. The molecular formula is C15H25N3O2S. The number of amides is 1. The van der Waals surface area contributed by atoms with Crippen LogP contribution in [0.5, 0.6) is 0 Å². The van der Waals surface area contributed by atoms with Crippen LogP contribution in [0.1, 0.15) is 32.9 Å². The molecule has 0 bridgehead atoms. The van der Waals surface area contributed by atoms with Gasteiger partial charge in [0.1, 0.15) is 5.60 Å². The van der Waals surface area contributed by atoms with Gasteiger partial charge in [-0.2, -0.15) is 11.8 Å². The van der Waals surface area contributed by atoms with E-state index in [4.69, 9.17) is 4.74 Å². The number of nitrogens with one attached hydrogen (secondary N) is 1. The highest BCUT2D eigenvalue weighted by atomic mass is 32.2. The van der Waals surface area contributed by atoms with Crippen molar-refractivity contribution in [2.24, 2.45) is 5.92 Å². The quantitative estimate of drug-likeness (QED) is 0.908. The fraction of sp³-hybridized carbons (Fsp3) is 0.733. The van der Waals surface area contributed by atoms with Crippen LogP contribution < -0.4 is 5.32 Å². The number of nitrogens with zero attached hydrogens (tertiary/aromatic N) is 2. The zero-order valence-electron chi connectivity index (χ0n) is 13.1. The van der Waals surface area contributed by atoms with E-state index >= 15 is 0 Å². The molecule has 0 aromatic carbocycles. The Balaban J connectivity index is 1.76. The average molecular weight is 311 g/mol. The van der Waals surface area contributed by atoms with Gasteiger partial charge in [0.2, 0.25) is 0 Å². The van der Waals surface area contributed by atoms with E-state index < -0.39 is 5.60 Å². The van der Waals surface area contributed by atoms with Crippen LogP contribution in [0.3, 0.4) is 0 Å². The zero-order valence-corrected chi connectivity index (χ0v) is 13.9. The third kappa shape index (κ3) is 5.61. The molecule has 1 saturated heterocycles. The van der Waals surface area contributed by atoms with E-state index in [0.29, 0.717) is 6.54 Å². The Bertz CT molecular complexity index is 462. The van der Waals surface area contributed by atoms with Crippen molar-refractivity contribution in [2.75, 3.05) is 18.1 Å². The van der Waals surface area contributed by atoms with Crippen molar-refractivity contribution in [3.8, 4) is 0 Å². The van der Waals surface area contributed by atoms with Gasteiger partial charge in [0.15, 0.2) is 0 Å². The summed E-state index contributed by atoms with van der Waals surface area (Å²) < 4.78 is 7.44. The van der Waals surface area contributed by atoms with Gasteiger partial charge in [-0.3, -0.25) is 0 Å². The van der Waals surface area contributed by atoms with Gasteiger partial charge < -0.3 is 14.6 Å². The van der Waals surface area contributed by atoms with E-state index in [2.05, 4.69) is 14.9 Å². The van der Waals surface area contributed by atoms with Crippen LogP contribution in [0.15, 0.2) is 12.5 Å². The largest absolute Gasteiger partial charge is 0.444 e. The number of carbonyl (C=O) groups excluding carboxylic acids is 1. The number of thioether (sulfide) groups is 1. The highest BCUT2D eigenvalue weighted by molar-refractivity contribution is 7.99. The lowest BCUT2D eigenvalue weighted by molar-refractivity contribution is 0.0528. The van der Waals surface area contributed by atoms with Crippen molar-refractivity contribution < 1.29 is 9.53 Å². The number of hydrogen-bond donors (Lipinski definition) is 1. The Morgan fingerprint density at radius 1 is 1.57 bits per heavy atom. The predicted octanol–water partition coefficient (Wildman–Crippen LogP) is 2.70. The Morgan fingerprint density at radius 3 is 3.05 bits per heavy atom. The summed E-state index contributed by atoms with van der Waals surface area (Å²) in [6.45, 7) is 7.19. The first-order valence-electron chi connectivity index (χ1n) is 7.47. The molecule has 1 aliphatic rings. The predicted molar refractivity (Wildman–Crippen MR) is 85.6 cm³/mol. The van der Waals surface area contributed by atoms with Crippen LogP contribution in [0.25, 0.3) is 0 Å². The highest BCUT2D eigenvalue weighted by Gasteiger charge is 2.18. The molecule has 1 aromatic heterocycles. The van der Waals surface area contributed by atoms with E-state index in [1.807, 2.05) is 45.1 Å². The van der Waals surface area contributed by atoms with Gasteiger partial charge in [0.25, 0.3) is 0 Å². The lowest BCUT2D eigenvalue weighted by Crippen LogP contribution is -2.33. The van der Waals surface area contributed by atoms with E-state index in [9.17, 15) is 4.79 Å². The number of carbonyl (C=O) groups is 1. The summed E-state index contributed by atoms with van der Waals surface area (Å²) in [5.41, 5.74) is 0.717. The fourth-order valence-electron chi connectivity index (χ4n) is 2.33. The highest BCUT2D eigenvalue weighted by Crippen LogP contribution is 2.25. The summed E-state index contributed by atoms with van der Waals surface area (Å²) in [5.74, 6) is 3.27. The molecule has 6 heteroatoms. The van der Waals surface area contributed by atoms with Crippen LogP contribution >= 0.6 is 11.8 Å². The fourth-order valence-corrected chi connectivity index (χ4v) is 3.61. The molecule has 5 nitrogen and oxygen atoms in total. The molecule has 21 heavy (non-hydrogen) atoms. The van der Waals surface area contributed by atoms with Gasteiger partial charge in [-0.25, -0.2) is 9.78 Å². The minimum Gasteiger partial charge on any atom is -0.444 e. The third-order valence-corrected chi connectivity index (χ3v) is 4.56. The number of alkyl carbamates (subject to hydrolysis) is 1. The standard InChI is InChI=1S/C15H25N3O2S/c1-15(2,3)20-14(19)17-6-4-13-8-16-11-18(13)9-12-5-7-21-10-12/h8,11-12H,4-7,9-10H2,1-3H3,(H,17,19). The van der Waals surface area contributed by atoms with Gasteiger partial charge in [0.05, 0.1) is 6.33 Å². The Labute approximate surface area is 130 Å². The summed E-state index contributed by atoms with van der Waals surface area (Å²) in [7, 11) is 0. The lowest BCUT2D eigenvalue weighted by Gasteiger charge is -2.19. The van der Waals surface area contributed by atoms with Crippen molar-refractivity contribution in [2.45, 2.75) is 45.8 Å². The molecular weight excluding hydrogens is 286 g/mol. The molecule has 2 rings (SSSR count). The second-order valence-electron chi connectivity index (χ2n) is 6.45. The number of imidazole rings is 1. The summed E-state index contributed by atoms with van der Waals surface area (Å²) in [6.07, 6.45) is 5.49. The van der Waals surface area contributed by atoms with Crippen molar-refractivity contribution in [1.82, 2.24) is 14.9 Å². The summed E-state index contributed by atoms with van der Waals surface area (Å²) in [6, 6.07) is 0. The lowest BCUT2D eigenvalue weighted by atomic mass is 10.1. The number of hydrogen-bond acceptors (Lipinski definition) is 4. The molecule has 118 valence electrons. The smallest absolute Gasteiger partial charge is 0.407 e. The van der Waals surface area contributed by atoms with Crippen LogP contribution in [-0.2, 0) is 17.7 Å². The van der Waals surface area contributed by atoms with Crippen molar-refractivity contribution in [3.05, 3.63) is 18.2 Å². The molecule has 1 unspecified atom stereocenters. The number of ether oxygens (including phenoxy) is 1.